The van der Waals surface area contributed by atoms with Crippen LogP contribution in [0.4, 0.5) is 0 Å². The maximum Gasteiger partial charge on any atom is 0.0578 e. The summed E-state index contributed by atoms with van der Waals surface area (Å²) in [7, 11) is 0. The fourth-order valence-electron chi connectivity index (χ4n) is 3.18. The van der Waals surface area contributed by atoms with Gasteiger partial charge in [0.25, 0.3) is 0 Å². The molecule has 0 aromatic carbocycles. The van der Waals surface area contributed by atoms with E-state index in [1.165, 1.54) is 45.1 Å². The molecule has 0 bridgehead atoms. The fourth-order valence-corrected chi connectivity index (χ4v) is 3.18. The van der Waals surface area contributed by atoms with Crippen LogP contribution in [0.25, 0.3) is 0 Å². The highest BCUT2D eigenvalue weighted by Crippen LogP contribution is 2.60. The Morgan fingerprint density at radius 2 is 2.20 bits per heavy atom. The van der Waals surface area contributed by atoms with Gasteiger partial charge in [0.05, 0.1) is 6.10 Å². The quantitative estimate of drug-likeness (QED) is 0.767. The van der Waals surface area contributed by atoms with Crippen LogP contribution < -0.4 is 5.32 Å². The fraction of sp³-hybridized carbons (Fsp3) is 1.00. The van der Waals surface area contributed by atoms with Crippen molar-refractivity contribution in [2.75, 3.05) is 13.2 Å². The molecule has 0 aromatic heterocycles. The van der Waals surface area contributed by atoms with Crippen LogP contribution in [0.15, 0.2) is 0 Å². The largest absolute Gasteiger partial charge is 0.378 e. The van der Waals surface area contributed by atoms with Crippen LogP contribution in [0.5, 0.6) is 0 Å². The summed E-state index contributed by atoms with van der Waals surface area (Å²) in [6.07, 6.45) is 8.71. The van der Waals surface area contributed by atoms with Gasteiger partial charge in [-0.2, -0.15) is 0 Å². The molecule has 3 aliphatic rings. The zero-order valence-electron chi connectivity index (χ0n) is 9.80. The lowest BCUT2D eigenvalue weighted by Crippen LogP contribution is -2.29. The number of hydrogen-bond donors (Lipinski definition) is 1. The molecule has 15 heavy (non-hydrogen) atoms. The monoisotopic (exact) mass is 209 g/mol. The van der Waals surface area contributed by atoms with Crippen molar-refractivity contribution in [3.8, 4) is 0 Å². The molecule has 2 aliphatic carbocycles. The van der Waals surface area contributed by atoms with Crippen LogP contribution in [-0.2, 0) is 4.74 Å². The predicted octanol–water partition coefficient (Wildman–Crippen LogP) is 2.33. The van der Waals surface area contributed by atoms with Crippen LogP contribution in [0.2, 0.25) is 0 Å². The van der Waals surface area contributed by atoms with Crippen LogP contribution in [-0.4, -0.2) is 25.3 Å². The van der Waals surface area contributed by atoms with E-state index < -0.39 is 0 Å². The molecule has 1 aliphatic heterocycles. The molecular weight excluding hydrogens is 186 g/mol. The highest BCUT2D eigenvalue weighted by Gasteiger charge is 2.55. The summed E-state index contributed by atoms with van der Waals surface area (Å²) in [5.41, 5.74) is 0.695. The van der Waals surface area contributed by atoms with E-state index in [2.05, 4.69) is 12.2 Å². The van der Waals surface area contributed by atoms with Gasteiger partial charge in [-0.3, -0.25) is 0 Å². The Labute approximate surface area is 92.8 Å². The lowest BCUT2D eigenvalue weighted by atomic mass is 9.89. The molecule has 3 rings (SSSR count). The summed E-state index contributed by atoms with van der Waals surface area (Å²) in [5, 5.41) is 3.68. The second-order valence-corrected chi connectivity index (χ2v) is 5.80. The molecule has 2 nitrogen and oxygen atoms in total. The van der Waals surface area contributed by atoms with Crippen molar-refractivity contribution in [2.24, 2.45) is 11.3 Å². The normalized spacial score (nSPS) is 44.6. The maximum atomic E-state index is 5.77. The summed E-state index contributed by atoms with van der Waals surface area (Å²) in [6, 6.07) is 0.879. The Bertz CT molecular complexity index is 239. The van der Waals surface area contributed by atoms with Crippen LogP contribution >= 0.6 is 0 Å². The number of rotatable bonds is 4. The van der Waals surface area contributed by atoms with Gasteiger partial charge in [0.2, 0.25) is 0 Å². The standard InChI is InChI=1S/C13H23NO/c1-2-12-8-13(5-6-15-12)7-10(13)9-14-11-3-4-11/h10-12,14H,2-9H2,1H3. The Kier molecular flexibility index (Phi) is 2.52. The summed E-state index contributed by atoms with van der Waals surface area (Å²) in [4.78, 5) is 0. The van der Waals surface area contributed by atoms with Gasteiger partial charge in [-0.05, 0) is 56.4 Å². The molecule has 3 unspecified atom stereocenters. The average molecular weight is 209 g/mol. The average Bonchev–Trinajstić information content (AvgIpc) is 3.14. The molecule has 1 N–H and O–H groups in total. The smallest absolute Gasteiger partial charge is 0.0578 e. The van der Waals surface area contributed by atoms with Crippen molar-refractivity contribution in [3.63, 3.8) is 0 Å². The number of ether oxygens (including phenoxy) is 1. The molecule has 2 saturated carbocycles. The first kappa shape index (κ1) is 10.1. The molecule has 2 heteroatoms. The third-order valence-electron chi connectivity index (χ3n) is 4.63. The van der Waals surface area contributed by atoms with Gasteiger partial charge in [-0.15, -0.1) is 0 Å². The Morgan fingerprint density at radius 1 is 1.33 bits per heavy atom. The highest BCUT2D eigenvalue weighted by atomic mass is 16.5. The van der Waals surface area contributed by atoms with Crippen LogP contribution in [0.1, 0.15) is 45.4 Å². The molecule has 0 radical (unpaired) electrons. The third kappa shape index (κ3) is 2.07. The van der Waals surface area contributed by atoms with E-state index in [9.17, 15) is 0 Å². The maximum absolute atomic E-state index is 5.77. The molecule has 3 fully saturated rings. The Morgan fingerprint density at radius 3 is 2.93 bits per heavy atom. The first-order valence-corrected chi connectivity index (χ1v) is 6.67. The lowest BCUT2D eigenvalue weighted by molar-refractivity contribution is -0.0219. The zero-order chi connectivity index (χ0) is 10.3. The van der Waals surface area contributed by atoms with Gasteiger partial charge in [-0.1, -0.05) is 6.92 Å². The minimum atomic E-state index is 0.560. The van der Waals surface area contributed by atoms with Crippen LogP contribution in [0.3, 0.4) is 0 Å². The van der Waals surface area contributed by atoms with E-state index in [0.717, 1.165) is 18.6 Å². The van der Waals surface area contributed by atoms with Crippen molar-refractivity contribution in [1.82, 2.24) is 5.32 Å². The van der Waals surface area contributed by atoms with Gasteiger partial charge < -0.3 is 10.1 Å². The van der Waals surface area contributed by atoms with E-state index in [4.69, 9.17) is 4.74 Å². The van der Waals surface area contributed by atoms with Crippen molar-refractivity contribution >= 4 is 0 Å². The molecule has 3 atom stereocenters. The van der Waals surface area contributed by atoms with Crippen molar-refractivity contribution in [2.45, 2.75) is 57.6 Å². The Balaban J connectivity index is 1.48. The van der Waals surface area contributed by atoms with E-state index in [1.54, 1.807) is 0 Å². The van der Waals surface area contributed by atoms with Gasteiger partial charge in [0, 0.05) is 12.6 Å². The van der Waals surface area contributed by atoms with Gasteiger partial charge in [0.15, 0.2) is 0 Å². The van der Waals surface area contributed by atoms with Crippen molar-refractivity contribution < 1.29 is 4.74 Å². The van der Waals surface area contributed by atoms with Crippen molar-refractivity contribution in [1.29, 1.82) is 0 Å². The van der Waals surface area contributed by atoms with Gasteiger partial charge >= 0.3 is 0 Å². The van der Waals surface area contributed by atoms with E-state index in [-0.39, 0.29) is 0 Å². The van der Waals surface area contributed by atoms with E-state index in [0.29, 0.717) is 11.5 Å². The molecular formula is C13H23NO. The first-order valence-electron chi connectivity index (χ1n) is 6.67. The molecule has 0 aromatic rings. The summed E-state index contributed by atoms with van der Waals surface area (Å²) in [5.74, 6) is 0.969. The third-order valence-corrected chi connectivity index (χ3v) is 4.63. The minimum Gasteiger partial charge on any atom is -0.378 e. The molecule has 1 spiro atoms. The zero-order valence-corrected chi connectivity index (χ0v) is 9.80. The second-order valence-electron chi connectivity index (χ2n) is 5.80. The summed E-state index contributed by atoms with van der Waals surface area (Å²) >= 11 is 0. The summed E-state index contributed by atoms with van der Waals surface area (Å²) < 4.78 is 5.77. The van der Waals surface area contributed by atoms with Gasteiger partial charge in [-0.25, -0.2) is 0 Å². The molecule has 0 amide bonds. The number of hydrogen-bond acceptors (Lipinski definition) is 2. The molecule has 1 heterocycles. The minimum absolute atomic E-state index is 0.560. The van der Waals surface area contributed by atoms with Gasteiger partial charge in [0.1, 0.15) is 0 Å². The highest BCUT2D eigenvalue weighted by molar-refractivity contribution is 5.06. The molecule has 86 valence electrons. The lowest BCUT2D eigenvalue weighted by Gasteiger charge is -2.30. The summed E-state index contributed by atoms with van der Waals surface area (Å²) in [6.45, 7) is 4.54. The van der Waals surface area contributed by atoms with Crippen LogP contribution in [0, 0.1) is 11.3 Å². The predicted molar refractivity (Wildman–Crippen MR) is 60.8 cm³/mol. The Hall–Kier alpha value is -0.0800. The SMILES string of the molecule is CCC1CC2(CCO1)CC2CNC1CC1. The van der Waals surface area contributed by atoms with E-state index >= 15 is 0 Å². The van der Waals surface area contributed by atoms with Crippen molar-refractivity contribution in [3.05, 3.63) is 0 Å². The number of nitrogens with one attached hydrogen (secondary N) is 1. The molecule has 1 saturated heterocycles. The topological polar surface area (TPSA) is 21.3 Å². The first-order chi connectivity index (χ1) is 7.32. The van der Waals surface area contributed by atoms with E-state index in [1.807, 2.05) is 0 Å². The second kappa shape index (κ2) is 3.74.